The van der Waals surface area contributed by atoms with Crippen molar-refractivity contribution in [3.05, 3.63) is 35.2 Å². The van der Waals surface area contributed by atoms with Crippen molar-refractivity contribution in [2.75, 3.05) is 20.1 Å². The summed E-state index contributed by atoms with van der Waals surface area (Å²) in [7, 11) is 2.03. The second-order valence-electron chi connectivity index (χ2n) is 5.86. The quantitative estimate of drug-likeness (QED) is 0.922. The third-order valence-corrected chi connectivity index (χ3v) is 4.53. The highest BCUT2D eigenvalue weighted by Gasteiger charge is 2.22. The number of hydrogen-bond donors (Lipinski definition) is 1. The molecule has 21 heavy (non-hydrogen) atoms. The molecule has 0 aliphatic carbocycles. The first kappa shape index (κ1) is 14.8. The lowest BCUT2D eigenvalue weighted by Crippen LogP contribution is -2.40. The van der Waals surface area contributed by atoms with Gasteiger partial charge in [-0.2, -0.15) is 0 Å². The fraction of sp³-hybridized carbons (Fsp3) is 0.562. The largest absolute Gasteiger partial charge is 0.320 e. The number of imidazole rings is 1. The first-order chi connectivity index (χ1) is 10.3. The van der Waals surface area contributed by atoms with E-state index in [1.54, 1.807) is 0 Å². The third-order valence-electron chi connectivity index (χ3n) is 4.31. The first-order valence-corrected chi connectivity index (χ1v) is 8.16. The Morgan fingerprint density at radius 1 is 1.33 bits per heavy atom. The highest BCUT2D eigenvalue weighted by Crippen LogP contribution is 2.22. The molecule has 1 aliphatic rings. The summed E-state index contributed by atoms with van der Waals surface area (Å²) in [5.74, 6) is 0. The molecular formula is C16H23ClN4. The van der Waals surface area contributed by atoms with Crippen LogP contribution in [-0.4, -0.2) is 40.5 Å². The minimum atomic E-state index is 0.680. The van der Waals surface area contributed by atoms with E-state index in [2.05, 4.69) is 16.4 Å². The fourth-order valence-corrected chi connectivity index (χ4v) is 3.38. The van der Waals surface area contributed by atoms with Crippen molar-refractivity contribution < 1.29 is 0 Å². The van der Waals surface area contributed by atoms with Crippen LogP contribution in [0.2, 0.25) is 5.02 Å². The van der Waals surface area contributed by atoms with Crippen LogP contribution in [0, 0.1) is 0 Å². The Labute approximate surface area is 131 Å². The average Bonchev–Trinajstić information content (AvgIpc) is 2.87. The van der Waals surface area contributed by atoms with E-state index in [0.717, 1.165) is 29.5 Å². The van der Waals surface area contributed by atoms with Gasteiger partial charge >= 0.3 is 0 Å². The van der Waals surface area contributed by atoms with Crippen LogP contribution < -0.4 is 5.32 Å². The van der Waals surface area contributed by atoms with Crippen molar-refractivity contribution in [2.45, 2.75) is 38.3 Å². The van der Waals surface area contributed by atoms with Crippen molar-refractivity contribution in [2.24, 2.45) is 0 Å². The lowest BCUT2D eigenvalue weighted by molar-refractivity contribution is 0.131. The van der Waals surface area contributed by atoms with Gasteiger partial charge in [-0.1, -0.05) is 18.0 Å². The molecule has 1 unspecified atom stereocenters. The van der Waals surface area contributed by atoms with Crippen molar-refractivity contribution in [3.63, 3.8) is 0 Å². The lowest BCUT2D eigenvalue weighted by Gasteiger charge is -2.35. The van der Waals surface area contributed by atoms with E-state index in [1.165, 1.54) is 32.2 Å². The number of nitrogens with one attached hydrogen (secondary N) is 1. The van der Waals surface area contributed by atoms with Gasteiger partial charge in [-0.25, -0.2) is 4.98 Å². The molecule has 1 aliphatic heterocycles. The zero-order valence-electron chi connectivity index (χ0n) is 12.6. The predicted octanol–water partition coefficient (Wildman–Crippen LogP) is 2.95. The van der Waals surface area contributed by atoms with Crippen LogP contribution in [0.25, 0.3) is 5.65 Å². The normalized spacial score (nSPS) is 20.2. The van der Waals surface area contributed by atoms with E-state index in [4.69, 9.17) is 16.6 Å². The third kappa shape index (κ3) is 3.57. The summed E-state index contributed by atoms with van der Waals surface area (Å²) in [5.41, 5.74) is 2.10. The van der Waals surface area contributed by atoms with Gasteiger partial charge in [0.15, 0.2) is 0 Å². The molecule has 3 heterocycles. The van der Waals surface area contributed by atoms with Gasteiger partial charge in [-0.3, -0.25) is 4.90 Å². The zero-order valence-corrected chi connectivity index (χ0v) is 13.3. The summed E-state index contributed by atoms with van der Waals surface area (Å²) < 4.78 is 2.02. The van der Waals surface area contributed by atoms with E-state index >= 15 is 0 Å². The number of fused-ring (bicyclic) bond motifs is 1. The number of piperidine rings is 1. The van der Waals surface area contributed by atoms with Gasteiger partial charge in [0.1, 0.15) is 5.65 Å². The summed E-state index contributed by atoms with van der Waals surface area (Å²) in [6, 6.07) is 4.55. The molecule has 1 atom stereocenters. The number of rotatable bonds is 5. The molecule has 5 heteroatoms. The Balaban J connectivity index is 1.72. The van der Waals surface area contributed by atoms with E-state index in [9.17, 15) is 0 Å². The van der Waals surface area contributed by atoms with Crippen LogP contribution in [-0.2, 0) is 6.54 Å². The number of hydrogen-bond acceptors (Lipinski definition) is 3. The molecule has 1 saturated heterocycles. The molecule has 114 valence electrons. The molecule has 0 saturated carbocycles. The number of pyridine rings is 1. The van der Waals surface area contributed by atoms with Gasteiger partial charge in [0.25, 0.3) is 0 Å². The first-order valence-electron chi connectivity index (χ1n) is 7.78. The van der Waals surface area contributed by atoms with Gasteiger partial charge in [-0.05, 0) is 51.5 Å². The van der Waals surface area contributed by atoms with Crippen LogP contribution in [0.5, 0.6) is 0 Å². The van der Waals surface area contributed by atoms with Gasteiger partial charge in [0.05, 0.1) is 10.7 Å². The maximum atomic E-state index is 6.03. The molecule has 0 aromatic carbocycles. The van der Waals surface area contributed by atoms with Crippen LogP contribution >= 0.6 is 11.6 Å². The number of aromatic nitrogens is 2. The van der Waals surface area contributed by atoms with E-state index in [0.29, 0.717) is 6.04 Å². The highest BCUT2D eigenvalue weighted by atomic mass is 35.5. The number of likely N-dealkylation sites (tertiary alicyclic amines) is 1. The number of halogens is 1. The standard InChI is InChI=1S/C16H23ClN4/c1-18-8-7-15-4-2-3-9-20(15)11-14-12-21-10-13(17)5-6-16(21)19-14/h5-6,10,12,15,18H,2-4,7-9,11H2,1H3. The Bertz CT molecular complexity index is 595. The molecule has 2 aromatic rings. The van der Waals surface area contributed by atoms with Crippen LogP contribution in [0.15, 0.2) is 24.5 Å². The monoisotopic (exact) mass is 306 g/mol. The van der Waals surface area contributed by atoms with Crippen LogP contribution in [0.1, 0.15) is 31.4 Å². The topological polar surface area (TPSA) is 32.6 Å². The van der Waals surface area contributed by atoms with Gasteiger partial charge in [0, 0.05) is 25.0 Å². The Hall–Kier alpha value is -1.10. The van der Waals surface area contributed by atoms with E-state index < -0.39 is 0 Å². The van der Waals surface area contributed by atoms with Gasteiger partial charge in [0.2, 0.25) is 0 Å². The number of nitrogens with zero attached hydrogens (tertiary/aromatic N) is 3. The van der Waals surface area contributed by atoms with E-state index in [1.807, 2.05) is 29.8 Å². The zero-order chi connectivity index (χ0) is 14.7. The Kier molecular flexibility index (Phi) is 4.78. The summed E-state index contributed by atoms with van der Waals surface area (Å²) >= 11 is 6.03. The van der Waals surface area contributed by atoms with Gasteiger partial charge in [-0.15, -0.1) is 0 Å². The van der Waals surface area contributed by atoms with Crippen LogP contribution in [0.3, 0.4) is 0 Å². The minimum Gasteiger partial charge on any atom is -0.320 e. The summed E-state index contributed by atoms with van der Waals surface area (Å²) in [6.07, 6.45) is 9.20. The average molecular weight is 307 g/mol. The molecule has 4 nitrogen and oxygen atoms in total. The second kappa shape index (κ2) is 6.77. The molecule has 0 spiro atoms. The molecule has 0 radical (unpaired) electrons. The highest BCUT2D eigenvalue weighted by molar-refractivity contribution is 6.30. The van der Waals surface area contributed by atoms with Crippen LogP contribution in [0.4, 0.5) is 0 Å². The summed E-state index contributed by atoms with van der Waals surface area (Å²) in [4.78, 5) is 7.30. The van der Waals surface area contributed by atoms with Crippen molar-refractivity contribution in [3.8, 4) is 0 Å². The van der Waals surface area contributed by atoms with Crippen molar-refractivity contribution in [1.82, 2.24) is 19.6 Å². The smallest absolute Gasteiger partial charge is 0.137 e. The molecular weight excluding hydrogens is 284 g/mol. The predicted molar refractivity (Wildman–Crippen MR) is 86.8 cm³/mol. The molecule has 1 fully saturated rings. The maximum absolute atomic E-state index is 6.03. The molecule has 1 N–H and O–H groups in total. The Morgan fingerprint density at radius 3 is 3.10 bits per heavy atom. The Morgan fingerprint density at radius 2 is 2.24 bits per heavy atom. The summed E-state index contributed by atoms with van der Waals surface area (Å²) in [6.45, 7) is 3.21. The maximum Gasteiger partial charge on any atom is 0.137 e. The van der Waals surface area contributed by atoms with Gasteiger partial charge < -0.3 is 9.72 Å². The second-order valence-corrected chi connectivity index (χ2v) is 6.29. The molecule has 0 amide bonds. The molecule has 0 bridgehead atoms. The minimum absolute atomic E-state index is 0.680. The molecule has 3 rings (SSSR count). The van der Waals surface area contributed by atoms with Crippen molar-refractivity contribution in [1.29, 1.82) is 0 Å². The van der Waals surface area contributed by atoms with E-state index in [-0.39, 0.29) is 0 Å². The van der Waals surface area contributed by atoms with Crippen molar-refractivity contribution >= 4 is 17.2 Å². The lowest BCUT2D eigenvalue weighted by atomic mass is 9.99. The molecule has 2 aromatic heterocycles. The fourth-order valence-electron chi connectivity index (χ4n) is 3.21. The SMILES string of the molecule is CNCCC1CCCCN1Cc1cn2cc(Cl)ccc2n1. The summed E-state index contributed by atoms with van der Waals surface area (Å²) in [5, 5.41) is 4.01.